The maximum Gasteiger partial charge on any atom is 0.281 e. The van der Waals surface area contributed by atoms with E-state index in [1.807, 2.05) is 0 Å². The van der Waals surface area contributed by atoms with E-state index in [2.05, 4.69) is 21.0 Å². The molecular weight excluding hydrogens is 312 g/mol. The SMILES string of the molecule is COCc1[nH]n(C2CCS(=O)(=O)C2)c(=O)c1Br. The molecule has 1 unspecified atom stereocenters. The molecule has 0 spiro atoms. The van der Waals surface area contributed by atoms with E-state index in [-0.39, 0.29) is 29.7 Å². The Morgan fingerprint density at radius 3 is 2.82 bits per heavy atom. The minimum Gasteiger partial charge on any atom is -0.378 e. The quantitative estimate of drug-likeness (QED) is 0.875. The molecule has 2 rings (SSSR count). The average molecular weight is 325 g/mol. The molecule has 1 fully saturated rings. The number of nitrogens with one attached hydrogen (secondary N) is 1. The predicted octanol–water partition coefficient (Wildman–Crippen LogP) is 0.445. The van der Waals surface area contributed by atoms with Gasteiger partial charge >= 0.3 is 0 Å². The number of H-pyrrole nitrogens is 1. The lowest BCUT2D eigenvalue weighted by molar-refractivity contribution is 0.180. The van der Waals surface area contributed by atoms with E-state index < -0.39 is 9.84 Å². The van der Waals surface area contributed by atoms with E-state index in [1.54, 1.807) is 0 Å². The Labute approximate surface area is 107 Å². The van der Waals surface area contributed by atoms with Crippen LogP contribution in [0.3, 0.4) is 0 Å². The number of aromatic amines is 1. The Kier molecular flexibility index (Phi) is 3.46. The Bertz CT molecular complexity index is 574. The molecule has 1 aliphatic rings. The molecule has 0 aliphatic carbocycles. The highest BCUT2D eigenvalue weighted by Gasteiger charge is 2.31. The summed E-state index contributed by atoms with van der Waals surface area (Å²) < 4.78 is 29.5. The molecule has 1 saturated heterocycles. The van der Waals surface area contributed by atoms with Crippen LogP contribution in [-0.2, 0) is 21.2 Å². The van der Waals surface area contributed by atoms with Crippen molar-refractivity contribution in [3.63, 3.8) is 0 Å². The summed E-state index contributed by atoms with van der Waals surface area (Å²) >= 11 is 3.18. The minimum absolute atomic E-state index is 0.0201. The maximum absolute atomic E-state index is 11.9. The molecular formula is C9H13BrN2O4S. The largest absolute Gasteiger partial charge is 0.378 e. The molecule has 6 nitrogen and oxygen atoms in total. The summed E-state index contributed by atoms with van der Waals surface area (Å²) in [5.41, 5.74) is 0.390. The van der Waals surface area contributed by atoms with Crippen LogP contribution in [0.4, 0.5) is 0 Å². The highest BCUT2D eigenvalue weighted by atomic mass is 79.9. The maximum atomic E-state index is 11.9. The molecule has 1 aromatic rings. The van der Waals surface area contributed by atoms with Crippen LogP contribution in [0.5, 0.6) is 0 Å². The van der Waals surface area contributed by atoms with Gasteiger partial charge in [0.15, 0.2) is 9.84 Å². The molecule has 1 N–H and O–H groups in total. The summed E-state index contributed by atoms with van der Waals surface area (Å²) in [5.74, 6) is 0.159. The molecule has 0 radical (unpaired) electrons. The van der Waals surface area contributed by atoms with E-state index in [1.165, 1.54) is 11.8 Å². The van der Waals surface area contributed by atoms with Crippen LogP contribution in [-0.4, -0.2) is 36.8 Å². The molecule has 0 bridgehead atoms. The second kappa shape index (κ2) is 4.58. The number of sulfone groups is 1. The summed E-state index contributed by atoms with van der Waals surface area (Å²) in [4.78, 5) is 11.9. The van der Waals surface area contributed by atoms with E-state index in [0.29, 0.717) is 16.6 Å². The van der Waals surface area contributed by atoms with E-state index >= 15 is 0 Å². The second-order valence-corrected chi connectivity index (χ2v) is 7.09. The first kappa shape index (κ1) is 12.8. The standard InChI is InChI=1S/C9H13BrN2O4S/c1-16-4-7-8(10)9(13)12(11-7)6-2-3-17(14,15)5-6/h6,11H,2-5H2,1H3. The molecule has 0 amide bonds. The average Bonchev–Trinajstić information content (AvgIpc) is 2.74. The number of nitrogens with zero attached hydrogens (tertiary/aromatic N) is 1. The van der Waals surface area contributed by atoms with Gasteiger partial charge in [-0.25, -0.2) is 13.1 Å². The lowest BCUT2D eigenvalue weighted by Crippen LogP contribution is -2.23. The molecule has 1 aromatic heterocycles. The van der Waals surface area contributed by atoms with Gasteiger partial charge in [-0.3, -0.25) is 9.89 Å². The van der Waals surface area contributed by atoms with Gasteiger partial charge in [0.1, 0.15) is 4.47 Å². The zero-order valence-electron chi connectivity index (χ0n) is 9.27. The van der Waals surface area contributed by atoms with Crippen molar-refractivity contribution in [3.05, 3.63) is 20.5 Å². The van der Waals surface area contributed by atoms with Gasteiger partial charge in [0.25, 0.3) is 5.56 Å². The topological polar surface area (TPSA) is 81.2 Å². The van der Waals surface area contributed by atoms with Crippen molar-refractivity contribution in [3.8, 4) is 0 Å². The number of rotatable bonds is 3. The van der Waals surface area contributed by atoms with Gasteiger partial charge in [0, 0.05) is 7.11 Å². The van der Waals surface area contributed by atoms with Crippen molar-refractivity contribution in [1.29, 1.82) is 0 Å². The fourth-order valence-electron chi connectivity index (χ4n) is 1.96. The minimum atomic E-state index is -3.00. The van der Waals surface area contributed by atoms with Crippen molar-refractivity contribution < 1.29 is 13.2 Å². The third-order valence-electron chi connectivity index (χ3n) is 2.79. The molecule has 0 saturated carbocycles. The van der Waals surface area contributed by atoms with Crippen molar-refractivity contribution in [2.75, 3.05) is 18.6 Å². The Hall–Kier alpha value is -0.600. The first-order valence-electron chi connectivity index (χ1n) is 5.13. The van der Waals surface area contributed by atoms with Gasteiger partial charge in [-0.15, -0.1) is 0 Å². The highest BCUT2D eigenvalue weighted by molar-refractivity contribution is 9.10. The third kappa shape index (κ3) is 2.48. The fraction of sp³-hybridized carbons (Fsp3) is 0.667. The van der Waals surface area contributed by atoms with Gasteiger partial charge in [-0.1, -0.05) is 0 Å². The normalized spacial score (nSPS) is 23.1. The van der Waals surface area contributed by atoms with Crippen LogP contribution in [0.1, 0.15) is 18.2 Å². The van der Waals surface area contributed by atoms with Crippen LogP contribution in [0, 0.1) is 0 Å². The molecule has 96 valence electrons. The van der Waals surface area contributed by atoms with Gasteiger partial charge in [-0.05, 0) is 22.4 Å². The Morgan fingerprint density at radius 2 is 2.29 bits per heavy atom. The fourth-order valence-corrected chi connectivity index (χ4v) is 4.05. The lowest BCUT2D eigenvalue weighted by atomic mass is 10.3. The van der Waals surface area contributed by atoms with Crippen LogP contribution in [0.2, 0.25) is 0 Å². The molecule has 0 aromatic carbocycles. The number of halogens is 1. The Balaban J connectivity index is 2.34. The van der Waals surface area contributed by atoms with Gasteiger partial charge < -0.3 is 4.74 Å². The van der Waals surface area contributed by atoms with E-state index in [9.17, 15) is 13.2 Å². The van der Waals surface area contributed by atoms with Crippen molar-refractivity contribution >= 4 is 25.8 Å². The van der Waals surface area contributed by atoms with Crippen molar-refractivity contribution in [1.82, 2.24) is 9.78 Å². The molecule has 8 heteroatoms. The van der Waals surface area contributed by atoms with Crippen molar-refractivity contribution in [2.45, 2.75) is 19.1 Å². The molecule has 17 heavy (non-hydrogen) atoms. The third-order valence-corrected chi connectivity index (χ3v) is 5.36. The Morgan fingerprint density at radius 1 is 1.59 bits per heavy atom. The molecule has 2 heterocycles. The number of ether oxygens (including phenoxy) is 1. The lowest BCUT2D eigenvalue weighted by Gasteiger charge is -2.07. The second-order valence-electron chi connectivity index (χ2n) is 4.07. The molecule has 1 aliphatic heterocycles. The number of methoxy groups -OCH3 is 1. The summed E-state index contributed by atoms with van der Waals surface area (Å²) in [6.07, 6.45) is 0.474. The van der Waals surface area contributed by atoms with Crippen LogP contribution < -0.4 is 5.56 Å². The molecule has 1 atom stereocenters. The van der Waals surface area contributed by atoms with E-state index in [0.717, 1.165) is 0 Å². The van der Waals surface area contributed by atoms with E-state index in [4.69, 9.17) is 4.74 Å². The first-order chi connectivity index (χ1) is 7.94. The zero-order chi connectivity index (χ0) is 12.6. The summed E-state index contributed by atoms with van der Waals surface area (Å²) in [6.45, 7) is 0.280. The summed E-state index contributed by atoms with van der Waals surface area (Å²) in [6, 6.07) is -0.297. The zero-order valence-corrected chi connectivity index (χ0v) is 11.7. The summed E-state index contributed by atoms with van der Waals surface area (Å²) in [7, 11) is -1.47. The van der Waals surface area contributed by atoms with Gasteiger partial charge in [0.2, 0.25) is 0 Å². The van der Waals surface area contributed by atoms with Crippen LogP contribution in [0.25, 0.3) is 0 Å². The van der Waals surface area contributed by atoms with Gasteiger partial charge in [-0.2, -0.15) is 0 Å². The first-order valence-corrected chi connectivity index (χ1v) is 7.74. The van der Waals surface area contributed by atoms with Crippen molar-refractivity contribution in [2.24, 2.45) is 0 Å². The van der Waals surface area contributed by atoms with Gasteiger partial charge in [0.05, 0.1) is 29.8 Å². The predicted molar refractivity (Wildman–Crippen MR) is 65.8 cm³/mol. The highest BCUT2D eigenvalue weighted by Crippen LogP contribution is 2.23. The number of hydrogen-bond donors (Lipinski definition) is 1. The van der Waals surface area contributed by atoms with Crippen LogP contribution >= 0.6 is 15.9 Å². The summed E-state index contributed by atoms with van der Waals surface area (Å²) in [5, 5.41) is 2.90. The number of hydrogen-bond acceptors (Lipinski definition) is 4. The van der Waals surface area contributed by atoms with Crippen LogP contribution in [0.15, 0.2) is 9.27 Å². The monoisotopic (exact) mass is 324 g/mol. The number of aromatic nitrogens is 2. The smallest absolute Gasteiger partial charge is 0.281 e.